The van der Waals surface area contributed by atoms with Crippen LogP contribution in [-0.4, -0.2) is 32.7 Å². The van der Waals surface area contributed by atoms with Crippen molar-refractivity contribution in [2.75, 3.05) is 23.7 Å². The second-order valence-corrected chi connectivity index (χ2v) is 7.19. The van der Waals surface area contributed by atoms with Crippen molar-refractivity contribution in [3.05, 3.63) is 83.2 Å². The van der Waals surface area contributed by atoms with Crippen LogP contribution in [0.15, 0.2) is 60.7 Å². The zero-order valence-corrected chi connectivity index (χ0v) is 17.9. The zero-order chi connectivity index (χ0) is 22.5. The molecule has 0 saturated heterocycles. The first-order valence-corrected chi connectivity index (χ1v) is 10.2. The van der Waals surface area contributed by atoms with E-state index in [1.807, 2.05) is 74.5 Å². The molecule has 0 fully saturated rings. The number of anilines is 2. The lowest BCUT2D eigenvalue weighted by Gasteiger charge is -2.13. The molecule has 0 spiro atoms. The van der Waals surface area contributed by atoms with Gasteiger partial charge in [-0.25, -0.2) is 9.36 Å². The molecule has 0 atom stereocenters. The lowest BCUT2D eigenvalue weighted by Crippen LogP contribution is -2.18. The Bertz CT molecular complexity index is 1200. The molecular formula is C24H22N8. The van der Waals surface area contributed by atoms with E-state index in [-0.39, 0.29) is 0 Å². The Morgan fingerprint density at radius 1 is 0.688 bits per heavy atom. The minimum Gasteiger partial charge on any atom is -0.367 e. The van der Waals surface area contributed by atoms with Crippen LogP contribution >= 0.6 is 0 Å². The van der Waals surface area contributed by atoms with E-state index in [1.54, 1.807) is 9.36 Å². The van der Waals surface area contributed by atoms with Crippen LogP contribution in [0.1, 0.15) is 22.5 Å². The van der Waals surface area contributed by atoms with Crippen LogP contribution in [0.25, 0.3) is 11.4 Å². The summed E-state index contributed by atoms with van der Waals surface area (Å²) in [4.78, 5) is 0. The van der Waals surface area contributed by atoms with Crippen molar-refractivity contribution in [1.82, 2.24) is 19.6 Å². The topological polar surface area (TPSA) is 107 Å². The number of aryl methyl sites for hydroxylation is 2. The van der Waals surface area contributed by atoms with Crippen molar-refractivity contribution in [3.8, 4) is 23.5 Å². The van der Waals surface area contributed by atoms with Gasteiger partial charge in [0.25, 0.3) is 0 Å². The van der Waals surface area contributed by atoms with E-state index < -0.39 is 0 Å². The maximum atomic E-state index is 9.62. The summed E-state index contributed by atoms with van der Waals surface area (Å²) >= 11 is 0. The second kappa shape index (κ2) is 9.07. The number of aromatic nitrogens is 4. The van der Waals surface area contributed by atoms with Crippen LogP contribution in [-0.2, 0) is 0 Å². The molecule has 0 aliphatic carbocycles. The van der Waals surface area contributed by atoms with E-state index in [2.05, 4.69) is 33.0 Å². The van der Waals surface area contributed by atoms with Gasteiger partial charge in [-0.1, -0.05) is 36.4 Å². The summed E-state index contributed by atoms with van der Waals surface area (Å²) in [5.74, 6) is 1.29. The maximum absolute atomic E-state index is 9.62. The fraction of sp³-hybridized carbons (Fsp3) is 0.167. The molecule has 0 aliphatic rings. The van der Waals surface area contributed by atoms with Crippen LogP contribution in [0, 0.1) is 36.5 Å². The average molecular weight is 422 g/mol. The quantitative estimate of drug-likeness (QED) is 0.437. The van der Waals surface area contributed by atoms with Crippen molar-refractivity contribution in [2.45, 2.75) is 13.8 Å². The van der Waals surface area contributed by atoms with Gasteiger partial charge in [-0.05, 0) is 38.1 Å². The molecule has 0 amide bonds. The van der Waals surface area contributed by atoms with Crippen molar-refractivity contribution in [3.63, 3.8) is 0 Å². The fourth-order valence-corrected chi connectivity index (χ4v) is 3.52. The van der Waals surface area contributed by atoms with Gasteiger partial charge in [-0.15, -0.1) is 0 Å². The predicted molar refractivity (Wildman–Crippen MR) is 123 cm³/mol. The summed E-state index contributed by atoms with van der Waals surface area (Å²) in [6, 6.07) is 23.8. The number of nitriles is 2. The standard InChI is InChI=1S/C24H22N8/c1-17-21(15-25)23(31(29-17)19-9-5-3-6-10-19)27-13-14-28-24-22(16-26)18(2)30-32(24)20-11-7-4-8-12-20/h3-12,27-28H,13-14H2,1-2H3. The molecule has 32 heavy (non-hydrogen) atoms. The lowest BCUT2D eigenvalue weighted by atomic mass is 10.2. The molecule has 2 heterocycles. The van der Waals surface area contributed by atoms with Gasteiger partial charge in [0.15, 0.2) is 0 Å². The number of nitrogens with one attached hydrogen (secondary N) is 2. The Morgan fingerprint density at radius 2 is 1.06 bits per heavy atom. The van der Waals surface area contributed by atoms with Crippen LogP contribution in [0.5, 0.6) is 0 Å². The van der Waals surface area contributed by atoms with Gasteiger partial charge in [0.2, 0.25) is 0 Å². The fourth-order valence-electron chi connectivity index (χ4n) is 3.52. The van der Waals surface area contributed by atoms with Crippen molar-refractivity contribution >= 4 is 11.6 Å². The summed E-state index contributed by atoms with van der Waals surface area (Å²) in [5, 5.41) is 35.0. The van der Waals surface area contributed by atoms with Crippen molar-refractivity contribution < 1.29 is 0 Å². The first-order valence-electron chi connectivity index (χ1n) is 10.2. The first-order chi connectivity index (χ1) is 15.6. The summed E-state index contributed by atoms with van der Waals surface area (Å²) < 4.78 is 3.49. The van der Waals surface area contributed by atoms with Gasteiger partial charge in [0, 0.05) is 13.1 Å². The molecule has 158 valence electrons. The molecular weight excluding hydrogens is 400 g/mol. The van der Waals surface area contributed by atoms with E-state index in [4.69, 9.17) is 0 Å². The van der Waals surface area contributed by atoms with Gasteiger partial charge in [-0.2, -0.15) is 20.7 Å². The van der Waals surface area contributed by atoms with E-state index in [0.29, 0.717) is 47.2 Å². The van der Waals surface area contributed by atoms with Gasteiger partial charge >= 0.3 is 0 Å². The molecule has 4 aromatic rings. The van der Waals surface area contributed by atoms with Crippen LogP contribution in [0.4, 0.5) is 11.6 Å². The molecule has 0 bridgehead atoms. The Hall–Kier alpha value is -4.56. The van der Waals surface area contributed by atoms with E-state index in [0.717, 1.165) is 11.4 Å². The third kappa shape index (κ3) is 3.90. The highest BCUT2D eigenvalue weighted by Gasteiger charge is 2.18. The monoisotopic (exact) mass is 422 g/mol. The minimum absolute atomic E-state index is 0.510. The lowest BCUT2D eigenvalue weighted by molar-refractivity contribution is 0.849. The van der Waals surface area contributed by atoms with E-state index >= 15 is 0 Å². The molecule has 8 heteroatoms. The van der Waals surface area contributed by atoms with Crippen molar-refractivity contribution in [1.29, 1.82) is 10.5 Å². The third-order valence-corrected chi connectivity index (χ3v) is 5.06. The number of hydrogen-bond donors (Lipinski definition) is 2. The maximum Gasteiger partial charge on any atom is 0.148 e. The van der Waals surface area contributed by atoms with E-state index in [9.17, 15) is 10.5 Å². The van der Waals surface area contributed by atoms with Gasteiger partial charge in [0.1, 0.15) is 34.9 Å². The van der Waals surface area contributed by atoms with Gasteiger partial charge in [0.05, 0.1) is 22.8 Å². The zero-order valence-electron chi connectivity index (χ0n) is 17.9. The number of hydrogen-bond acceptors (Lipinski definition) is 6. The molecule has 0 aliphatic heterocycles. The molecule has 0 saturated carbocycles. The largest absolute Gasteiger partial charge is 0.367 e. The number of rotatable bonds is 7. The molecule has 2 N–H and O–H groups in total. The number of nitrogens with zero attached hydrogens (tertiary/aromatic N) is 6. The van der Waals surface area contributed by atoms with Crippen LogP contribution in [0.3, 0.4) is 0 Å². The molecule has 4 rings (SSSR count). The average Bonchev–Trinajstić information content (AvgIpc) is 3.33. The second-order valence-electron chi connectivity index (χ2n) is 7.19. The Morgan fingerprint density at radius 3 is 1.41 bits per heavy atom. The Kier molecular flexibility index (Phi) is 5.87. The highest BCUT2D eigenvalue weighted by atomic mass is 15.4. The molecule has 2 aromatic carbocycles. The highest BCUT2D eigenvalue weighted by Crippen LogP contribution is 2.24. The van der Waals surface area contributed by atoms with Crippen LogP contribution in [0.2, 0.25) is 0 Å². The molecule has 0 unspecified atom stereocenters. The summed E-state index contributed by atoms with van der Waals surface area (Å²) in [5.41, 5.74) is 4.09. The smallest absolute Gasteiger partial charge is 0.148 e. The molecule has 8 nitrogen and oxygen atoms in total. The SMILES string of the molecule is Cc1nn(-c2ccccc2)c(NCCNc2c(C#N)c(C)nn2-c2ccccc2)c1C#N. The summed E-state index contributed by atoms with van der Waals surface area (Å²) in [6.45, 7) is 4.66. The molecule has 0 radical (unpaired) electrons. The normalized spacial score (nSPS) is 10.4. The number of para-hydroxylation sites is 2. The predicted octanol–water partition coefficient (Wildman–Crippen LogP) is 3.94. The number of benzene rings is 2. The summed E-state index contributed by atoms with van der Waals surface area (Å²) in [7, 11) is 0. The Balaban J connectivity index is 1.54. The van der Waals surface area contributed by atoms with Crippen molar-refractivity contribution in [2.24, 2.45) is 0 Å². The van der Waals surface area contributed by atoms with Gasteiger partial charge in [-0.3, -0.25) is 0 Å². The third-order valence-electron chi connectivity index (χ3n) is 5.06. The van der Waals surface area contributed by atoms with E-state index in [1.165, 1.54) is 0 Å². The van der Waals surface area contributed by atoms with Crippen LogP contribution < -0.4 is 10.6 Å². The first kappa shape index (κ1) is 20.7. The summed E-state index contributed by atoms with van der Waals surface area (Å²) in [6.07, 6.45) is 0. The van der Waals surface area contributed by atoms with Gasteiger partial charge < -0.3 is 10.6 Å². The minimum atomic E-state index is 0.510. The molecule has 2 aromatic heterocycles. The Labute approximate surface area is 186 Å². The highest BCUT2D eigenvalue weighted by molar-refractivity contribution is 5.60.